The lowest BCUT2D eigenvalue weighted by Gasteiger charge is -2.10. The van der Waals surface area contributed by atoms with Crippen LogP contribution in [0.5, 0.6) is 0 Å². The number of carbonyl (C=O) groups is 1. The second kappa shape index (κ2) is 6.91. The number of halogens is 4. The van der Waals surface area contributed by atoms with Gasteiger partial charge >= 0.3 is 0 Å². The molecule has 1 aliphatic rings. The van der Waals surface area contributed by atoms with Gasteiger partial charge in [0, 0.05) is 18.4 Å². The van der Waals surface area contributed by atoms with Crippen molar-refractivity contribution in [1.29, 1.82) is 0 Å². The van der Waals surface area contributed by atoms with Gasteiger partial charge in [-0.3, -0.25) is 14.8 Å². The lowest BCUT2D eigenvalue weighted by atomic mass is 9.99. The molecule has 5 nitrogen and oxygen atoms in total. The summed E-state index contributed by atoms with van der Waals surface area (Å²) in [6, 6.07) is 3.40. The van der Waals surface area contributed by atoms with Gasteiger partial charge in [-0.1, -0.05) is 6.07 Å². The van der Waals surface area contributed by atoms with Crippen molar-refractivity contribution in [2.45, 2.75) is 25.7 Å². The molecule has 4 rings (SSSR count). The second-order valence-corrected chi connectivity index (χ2v) is 6.86. The number of hydrogen-bond donors (Lipinski definition) is 1. The molecular weight excluding hydrogens is 388 g/mol. The highest BCUT2D eigenvalue weighted by atomic mass is 19.3. The number of anilines is 1. The Morgan fingerprint density at radius 1 is 1.00 bits per heavy atom. The molecule has 0 fully saturated rings. The number of fused-ring (bicyclic) bond motifs is 1. The summed E-state index contributed by atoms with van der Waals surface area (Å²) >= 11 is 0. The third kappa shape index (κ3) is 3.67. The first-order valence-corrected chi connectivity index (χ1v) is 8.66. The van der Waals surface area contributed by atoms with Crippen molar-refractivity contribution in [3.05, 3.63) is 70.8 Å². The number of benzene rings is 1. The van der Waals surface area contributed by atoms with E-state index < -0.39 is 29.0 Å². The number of nitrogens with one attached hydrogen (secondary N) is 1. The predicted molar refractivity (Wildman–Crippen MR) is 96.7 cm³/mol. The maximum atomic E-state index is 13.6. The van der Waals surface area contributed by atoms with Crippen molar-refractivity contribution in [2.75, 3.05) is 5.32 Å². The molecule has 0 atom stereocenters. The number of alkyl halides is 2. The van der Waals surface area contributed by atoms with Gasteiger partial charge in [0.1, 0.15) is 5.56 Å². The van der Waals surface area contributed by atoms with Crippen LogP contribution in [0.1, 0.15) is 27.0 Å². The van der Waals surface area contributed by atoms with Crippen LogP contribution in [0.2, 0.25) is 0 Å². The smallest absolute Gasteiger partial charge is 0.262 e. The van der Waals surface area contributed by atoms with Crippen molar-refractivity contribution >= 4 is 11.7 Å². The molecule has 1 aliphatic carbocycles. The summed E-state index contributed by atoms with van der Waals surface area (Å²) in [5.74, 6) is -5.99. The fourth-order valence-corrected chi connectivity index (χ4v) is 3.38. The highest BCUT2D eigenvalue weighted by Crippen LogP contribution is 2.37. The largest absolute Gasteiger partial charge is 0.305 e. The van der Waals surface area contributed by atoms with E-state index in [9.17, 15) is 22.4 Å². The summed E-state index contributed by atoms with van der Waals surface area (Å²) < 4.78 is 54.6. The second-order valence-electron chi connectivity index (χ2n) is 6.86. The van der Waals surface area contributed by atoms with Crippen LogP contribution in [0.3, 0.4) is 0 Å². The Morgan fingerprint density at radius 2 is 1.66 bits per heavy atom. The van der Waals surface area contributed by atoms with Crippen LogP contribution in [-0.2, 0) is 12.8 Å². The SMILES string of the molecule is Cc1cc2c(cc1-c1cnc(NC(=O)c3c(F)cncc3F)cn1)CC(F)(F)C2. The Hall–Kier alpha value is -3.36. The Balaban J connectivity index is 1.57. The number of hydrogen-bond acceptors (Lipinski definition) is 4. The van der Waals surface area contributed by atoms with Crippen LogP contribution < -0.4 is 5.32 Å². The van der Waals surface area contributed by atoms with Gasteiger partial charge in [-0.05, 0) is 29.7 Å². The molecular formula is C20H14F4N4O. The lowest BCUT2D eigenvalue weighted by Crippen LogP contribution is -2.17. The van der Waals surface area contributed by atoms with Gasteiger partial charge in [0.05, 0.1) is 30.5 Å². The molecule has 0 radical (unpaired) electrons. The van der Waals surface area contributed by atoms with Crippen molar-refractivity contribution in [3.63, 3.8) is 0 Å². The Labute approximate surface area is 162 Å². The Kier molecular flexibility index (Phi) is 4.52. The third-order valence-electron chi connectivity index (χ3n) is 4.69. The van der Waals surface area contributed by atoms with E-state index >= 15 is 0 Å². The number of carbonyl (C=O) groups excluding carboxylic acids is 1. The van der Waals surface area contributed by atoms with Gasteiger partial charge in [0.2, 0.25) is 0 Å². The molecule has 9 heteroatoms. The van der Waals surface area contributed by atoms with Crippen molar-refractivity contribution < 1.29 is 22.4 Å². The van der Waals surface area contributed by atoms with E-state index in [1.807, 2.05) is 0 Å². The Morgan fingerprint density at radius 3 is 2.28 bits per heavy atom. The fraction of sp³-hybridized carbons (Fsp3) is 0.200. The third-order valence-corrected chi connectivity index (χ3v) is 4.69. The molecule has 29 heavy (non-hydrogen) atoms. The molecule has 1 N–H and O–H groups in total. The van der Waals surface area contributed by atoms with Gasteiger partial charge in [0.25, 0.3) is 11.8 Å². The first-order valence-electron chi connectivity index (χ1n) is 8.66. The maximum absolute atomic E-state index is 13.6. The highest BCUT2D eigenvalue weighted by Gasteiger charge is 2.37. The molecule has 0 bridgehead atoms. The van der Waals surface area contributed by atoms with E-state index in [1.54, 1.807) is 19.1 Å². The van der Waals surface area contributed by atoms with Crippen LogP contribution >= 0.6 is 0 Å². The van der Waals surface area contributed by atoms with E-state index in [1.165, 1.54) is 12.4 Å². The summed E-state index contributed by atoms with van der Waals surface area (Å²) in [6.45, 7) is 1.79. The number of aryl methyl sites for hydroxylation is 1. The zero-order valence-corrected chi connectivity index (χ0v) is 15.1. The zero-order chi connectivity index (χ0) is 20.8. The summed E-state index contributed by atoms with van der Waals surface area (Å²) in [7, 11) is 0. The molecule has 0 saturated carbocycles. The fourth-order valence-electron chi connectivity index (χ4n) is 3.38. The highest BCUT2D eigenvalue weighted by molar-refractivity contribution is 6.04. The average molecular weight is 402 g/mol. The van der Waals surface area contributed by atoms with Crippen LogP contribution in [0, 0.1) is 18.6 Å². The molecule has 0 spiro atoms. The summed E-state index contributed by atoms with van der Waals surface area (Å²) in [5, 5.41) is 2.27. The van der Waals surface area contributed by atoms with E-state index in [4.69, 9.17) is 0 Å². The monoisotopic (exact) mass is 402 g/mol. The van der Waals surface area contributed by atoms with E-state index in [-0.39, 0.29) is 18.7 Å². The zero-order valence-electron chi connectivity index (χ0n) is 15.1. The molecule has 2 aromatic heterocycles. The minimum absolute atomic E-state index is 0.0142. The number of nitrogens with zero attached hydrogens (tertiary/aromatic N) is 3. The van der Waals surface area contributed by atoms with Gasteiger partial charge in [0.15, 0.2) is 17.5 Å². The molecule has 0 aliphatic heterocycles. The molecule has 1 amide bonds. The quantitative estimate of drug-likeness (QED) is 0.670. The standard InChI is InChI=1S/C20H14F4N4O/c1-10-2-11-4-20(23,24)5-12(11)3-13(10)16-8-27-17(9-26-16)28-19(29)18-14(21)6-25-7-15(18)22/h2-3,6-9H,4-5H2,1H3,(H,27,28,29). The topological polar surface area (TPSA) is 67.8 Å². The number of rotatable bonds is 3. The Bertz CT molecular complexity index is 1100. The van der Waals surface area contributed by atoms with Crippen LogP contribution in [0.15, 0.2) is 36.9 Å². The van der Waals surface area contributed by atoms with Crippen molar-refractivity contribution in [2.24, 2.45) is 0 Å². The number of aromatic nitrogens is 3. The number of amides is 1. The van der Waals surface area contributed by atoms with Crippen LogP contribution in [-0.4, -0.2) is 26.8 Å². The number of pyridine rings is 1. The van der Waals surface area contributed by atoms with Gasteiger partial charge in [-0.25, -0.2) is 22.5 Å². The van der Waals surface area contributed by atoms with Gasteiger partial charge in [-0.15, -0.1) is 0 Å². The van der Waals surface area contributed by atoms with Crippen LogP contribution in [0.4, 0.5) is 23.4 Å². The normalized spacial score (nSPS) is 14.5. The van der Waals surface area contributed by atoms with Crippen molar-refractivity contribution in [1.82, 2.24) is 15.0 Å². The molecule has 2 heterocycles. The minimum Gasteiger partial charge on any atom is -0.305 e. The average Bonchev–Trinajstić information content (AvgIpc) is 2.94. The molecule has 1 aromatic carbocycles. The van der Waals surface area contributed by atoms with Gasteiger partial charge < -0.3 is 5.32 Å². The molecule has 148 valence electrons. The molecule has 0 unspecified atom stereocenters. The predicted octanol–water partition coefficient (Wildman–Crippen LogP) is 4.11. The summed E-state index contributed by atoms with van der Waals surface area (Å²) in [5.41, 5.74) is 2.26. The van der Waals surface area contributed by atoms with Gasteiger partial charge in [-0.2, -0.15) is 0 Å². The first kappa shape index (κ1) is 19.0. The minimum atomic E-state index is -2.75. The van der Waals surface area contributed by atoms with E-state index in [0.29, 0.717) is 22.4 Å². The lowest BCUT2D eigenvalue weighted by molar-refractivity contribution is 0.0130. The van der Waals surface area contributed by atoms with E-state index in [0.717, 1.165) is 18.0 Å². The summed E-state index contributed by atoms with van der Waals surface area (Å²) in [6.07, 6.45) is 3.45. The van der Waals surface area contributed by atoms with Crippen LogP contribution in [0.25, 0.3) is 11.3 Å². The van der Waals surface area contributed by atoms with Crippen molar-refractivity contribution in [3.8, 4) is 11.3 Å². The maximum Gasteiger partial charge on any atom is 0.262 e. The molecule has 3 aromatic rings. The first-order chi connectivity index (χ1) is 13.7. The molecule has 0 saturated heterocycles. The van der Waals surface area contributed by atoms with E-state index in [2.05, 4.69) is 20.3 Å². The summed E-state index contributed by atoms with van der Waals surface area (Å²) in [4.78, 5) is 23.7.